The van der Waals surface area contributed by atoms with Gasteiger partial charge in [-0.25, -0.2) is 13.4 Å². The number of nitrogens with zero attached hydrogens (tertiary/aromatic N) is 9. The molecule has 0 saturated carbocycles. The van der Waals surface area contributed by atoms with Crippen LogP contribution in [0.25, 0.3) is 0 Å². The molecule has 0 N–H and O–H groups in total. The molecule has 2 heterocycles. The topological polar surface area (TPSA) is 220 Å². The molecule has 2 aliphatic rings. The van der Waals surface area contributed by atoms with Crippen LogP contribution in [0.1, 0.15) is 76.2 Å². The SMILES string of the molecule is CC(=O)N(C)C.CC(=S)N(C)C.CC1=NCN1C.CC1=NCO1.CN=C(C)N(C)C.CN=C(C)OC.CN=C(C)SC.COC(C)=O.COC(C)=S.CP(C)(C)=S.CS(=O)(=O)[O-].CSC(C)=O.CSC(C)=S. The van der Waals surface area contributed by atoms with Gasteiger partial charge in [-0.05, 0) is 85.6 Å². The predicted octanol–water partition coefficient (Wildman–Crippen LogP) is 8.63. The van der Waals surface area contributed by atoms with Crippen LogP contribution >= 0.6 is 78.0 Å². The molecule has 0 unspecified atom stereocenters. The molecule has 0 aromatic rings. The van der Waals surface area contributed by atoms with Crippen LogP contribution in [0.5, 0.6) is 0 Å². The van der Waals surface area contributed by atoms with E-state index in [2.05, 4.69) is 93.2 Å². The van der Waals surface area contributed by atoms with Crippen molar-refractivity contribution in [3.8, 4) is 0 Å². The van der Waals surface area contributed by atoms with Crippen molar-refractivity contribution >= 4 is 160 Å². The summed E-state index contributed by atoms with van der Waals surface area (Å²) in [6.07, 6.45) is 6.36. The number of carbonyl (C=O) groups is 3. The number of hydrogen-bond acceptors (Lipinski definition) is 23. The maximum absolute atomic E-state index is 10.1. The summed E-state index contributed by atoms with van der Waals surface area (Å²) in [6, 6.07) is -0.806. The first-order chi connectivity index (χ1) is 32.4. The first-order valence-electron chi connectivity index (χ1n) is 20.8. The summed E-state index contributed by atoms with van der Waals surface area (Å²) < 4.78 is 46.2. The zero-order valence-corrected chi connectivity index (χ0v) is 57.2. The number of thiocarbonyl (C=S) groups is 3. The third-order valence-electron chi connectivity index (χ3n) is 6.23. The predicted molar refractivity (Wildman–Crippen MR) is 339 cm³/mol. The summed E-state index contributed by atoms with van der Waals surface area (Å²) in [5.41, 5.74) is 0. The average molecular weight is 1200 g/mol. The second kappa shape index (κ2) is 66.7. The quantitative estimate of drug-likeness (QED) is 0.0553. The van der Waals surface area contributed by atoms with Crippen molar-refractivity contribution in [3.63, 3.8) is 0 Å². The van der Waals surface area contributed by atoms with E-state index in [4.69, 9.17) is 37.0 Å². The van der Waals surface area contributed by atoms with E-state index in [9.17, 15) is 14.4 Å². The lowest BCUT2D eigenvalue weighted by Gasteiger charge is -2.24. The Bertz CT molecular complexity index is 1590. The zero-order valence-electron chi connectivity index (χ0n) is 49.7. The molecule has 0 spiro atoms. The maximum atomic E-state index is 10.1. The number of ether oxygens (including phenoxy) is 4. The number of aliphatic imine (C=N–C) groups is 5. The average Bonchev–Trinajstić information content (AvgIpc) is 3.27. The maximum Gasteiger partial charge on any atom is 0.302 e. The Morgan fingerprint density at radius 3 is 1.00 bits per heavy atom. The number of carbonyl (C=O) groups excluding carboxylic acids is 3. The minimum atomic E-state index is -3.92. The lowest BCUT2D eigenvalue weighted by Crippen LogP contribution is -2.33. The van der Waals surface area contributed by atoms with Crippen LogP contribution in [-0.2, 0) is 55.3 Å². The highest BCUT2D eigenvalue weighted by Crippen LogP contribution is 2.29. The van der Waals surface area contributed by atoms with Crippen molar-refractivity contribution < 1.29 is 46.3 Å². The molecule has 0 aliphatic carbocycles. The van der Waals surface area contributed by atoms with E-state index in [0.29, 0.717) is 18.0 Å². The van der Waals surface area contributed by atoms with Gasteiger partial charge in [0.1, 0.15) is 6.67 Å². The summed E-state index contributed by atoms with van der Waals surface area (Å²) in [5, 5.41) is 1.89. The minimum absolute atomic E-state index is 0.0926. The Morgan fingerprint density at radius 1 is 0.722 bits per heavy atom. The first-order valence-corrected chi connectivity index (χ1v) is 31.6. The standard InChI is InChI=1S/C5H12N2.C4H8N2.2C4H9NO.2C4H9NS.C3H5NO.C3H6O2.2C3H6OS.C3H9PS.C3H6S2.CH4O3S/c1-5(6-2)7(3)4;1-4-5-3-6(4)2;1-4(5-2)6-3;1-4(6)5(2)3;1-4(5-2)6-3;1-4(6)5(2)3;1-3-4-2-5-3;2*1-3(4)5-2;1-3(5)4-2;1-4(2,3)5;1-3(4)5-2;1-5(2,3)4/h1-4H3;3H2,1-2H3;4*1-3H3;2H2,1H3;3*1-2H3;1-3H3;1-2H3;1H3,(H,2,3,4)/p-1. The van der Waals surface area contributed by atoms with E-state index in [1.807, 2.05) is 99.1 Å². The monoisotopic (exact) mass is 1200 g/mol. The fraction of sp³-hybridized carbons (Fsp3) is 0.750. The molecular formula is C44H97N9O10PS8-. The molecule has 28 heteroatoms. The molecule has 0 atom stereocenters. The van der Waals surface area contributed by atoms with E-state index in [0.717, 1.165) is 44.4 Å². The molecular weight excluding hydrogens is 1100 g/mol. The number of thioether (sulfide) groups is 3. The molecule has 2 aliphatic heterocycles. The molecule has 0 aromatic carbocycles. The Morgan fingerprint density at radius 2 is 1.00 bits per heavy atom. The first kappa shape index (κ1) is 95.4. The number of esters is 1. The normalized spacial score (nSPS) is 11.0. The Kier molecular flexibility index (Phi) is 88.3. The van der Waals surface area contributed by atoms with Crippen LogP contribution in [0.3, 0.4) is 0 Å². The number of rotatable bonds is 0. The molecule has 0 fully saturated rings. The number of hydrogen-bond donors (Lipinski definition) is 0. The minimum Gasteiger partial charge on any atom is -0.748 e. The Balaban J connectivity index is -0.0000000623. The zero-order chi connectivity index (χ0) is 60.6. The molecule has 0 saturated heterocycles. The van der Waals surface area contributed by atoms with E-state index < -0.39 is 16.2 Å². The summed E-state index contributed by atoms with van der Waals surface area (Å²) in [4.78, 5) is 57.1. The number of amidine groups is 2. The van der Waals surface area contributed by atoms with Gasteiger partial charge in [0, 0.05) is 122 Å². The van der Waals surface area contributed by atoms with Crippen LogP contribution in [0.2, 0.25) is 0 Å². The second-order valence-electron chi connectivity index (χ2n) is 14.3. The van der Waals surface area contributed by atoms with Crippen LogP contribution in [0.15, 0.2) is 25.0 Å². The van der Waals surface area contributed by atoms with Gasteiger partial charge in [0.2, 0.25) is 5.91 Å². The largest absolute Gasteiger partial charge is 0.748 e. The third-order valence-corrected chi connectivity index (χ3v) is 9.18. The van der Waals surface area contributed by atoms with Crippen molar-refractivity contribution in [2.24, 2.45) is 25.0 Å². The van der Waals surface area contributed by atoms with Crippen LogP contribution < -0.4 is 0 Å². The van der Waals surface area contributed by atoms with Crippen molar-refractivity contribution in [2.75, 3.05) is 150 Å². The van der Waals surface area contributed by atoms with E-state index in [1.54, 1.807) is 100 Å². The van der Waals surface area contributed by atoms with Crippen molar-refractivity contribution in [1.29, 1.82) is 0 Å². The second-order valence-corrected chi connectivity index (χ2v) is 27.8. The van der Waals surface area contributed by atoms with Gasteiger partial charge >= 0.3 is 5.97 Å². The van der Waals surface area contributed by atoms with Crippen molar-refractivity contribution in [1.82, 2.24) is 19.6 Å². The van der Waals surface area contributed by atoms with Crippen LogP contribution in [0.4, 0.5) is 0 Å². The Labute approximate surface area is 473 Å². The Hall–Kier alpha value is -2.36. The van der Waals surface area contributed by atoms with E-state index in [1.165, 1.54) is 37.6 Å². The van der Waals surface area contributed by atoms with Gasteiger partial charge in [-0.3, -0.25) is 34.4 Å². The lowest BCUT2D eigenvalue weighted by molar-refractivity contribution is -0.138. The molecule has 2 rings (SSSR count). The summed E-state index contributed by atoms with van der Waals surface area (Å²) in [5.74, 6) is 3.58. The highest BCUT2D eigenvalue weighted by molar-refractivity contribution is 8.22. The summed E-state index contributed by atoms with van der Waals surface area (Å²) in [7, 11) is 19.2. The van der Waals surface area contributed by atoms with Gasteiger partial charge in [-0.1, -0.05) is 54.0 Å². The molecule has 432 valence electrons. The van der Waals surface area contributed by atoms with Crippen LogP contribution in [0, 0.1) is 0 Å². The van der Waals surface area contributed by atoms with Gasteiger partial charge < -0.3 is 43.1 Å². The highest BCUT2D eigenvalue weighted by Gasteiger charge is 2.05. The van der Waals surface area contributed by atoms with Gasteiger partial charge in [0.25, 0.3) is 0 Å². The van der Waals surface area contributed by atoms with Crippen LogP contribution in [-0.4, -0.2) is 243 Å². The fourth-order valence-electron chi connectivity index (χ4n) is 0.930. The smallest absolute Gasteiger partial charge is 0.302 e. The van der Waals surface area contributed by atoms with E-state index >= 15 is 0 Å². The van der Waals surface area contributed by atoms with Crippen molar-refractivity contribution in [2.45, 2.75) is 76.2 Å². The third kappa shape index (κ3) is 165. The molecule has 0 radical (unpaired) electrons. The molecule has 19 nitrogen and oxygen atoms in total. The number of methoxy groups -OCH3 is 3. The molecule has 0 aromatic heterocycles. The van der Waals surface area contributed by atoms with Gasteiger partial charge in [-0.15, -0.1) is 23.5 Å². The summed E-state index contributed by atoms with van der Waals surface area (Å²) in [6.45, 7) is 27.4. The van der Waals surface area contributed by atoms with Gasteiger partial charge in [-0.2, -0.15) is 0 Å². The fourth-order valence-corrected chi connectivity index (χ4v) is 1.11. The van der Waals surface area contributed by atoms with Gasteiger partial charge in [0.05, 0.1) is 53.2 Å². The molecule has 72 heavy (non-hydrogen) atoms. The van der Waals surface area contributed by atoms with E-state index in [-0.39, 0.29) is 17.0 Å². The lowest BCUT2D eigenvalue weighted by atomic mass is 10.5. The molecule has 1 amide bonds. The van der Waals surface area contributed by atoms with Crippen molar-refractivity contribution in [3.05, 3.63) is 0 Å². The van der Waals surface area contributed by atoms with Gasteiger partial charge in [0.15, 0.2) is 28.7 Å². The molecule has 0 bridgehead atoms. The number of amides is 1. The highest BCUT2D eigenvalue weighted by atomic mass is 32.4. The summed E-state index contributed by atoms with van der Waals surface area (Å²) >= 11 is 23.3.